The first-order valence-corrected chi connectivity index (χ1v) is 18.5. The number of nitrogens with one attached hydrogen (secondary N) is 4. The summed E-state index contributed by atoms with van der Waals surface area (Å²) in [7, 11) is 1.94. The molecule has 8 rings (SSSR count). The molecule has 1 unspecified atom stereocenters. The van der Waals surface area contributed by atoms with Gasteiger partial charge in [0.25, 0.3) is 5.91 Å². The predicted molar refractivity (Wildman–Crippen MR) is 223 cm³/mol. The van der Waals surface area contributed by atoms with Crippen LogP contribution < -0.4 is 10.6 Å². The molecule has 55 heavy (non-hydrogen) atoms. The van der Waals surface area contributed by atoms with E-state index in [2.05, 4.69) is 80.6 Å². The molecular formula is C37H65N17O. The molecule has 304 valence electrons. The van der Waals surface area contributed by atoms with Gasteiger partial charge in [-0.2, -0.15) is 5.10 Å². The lowest BCUT2D eigenvalue weighted by Gasteiger charge is -2.20. The highest BCUT2D eigenvalue weighted by Gasteiger charge is 2.22. The zero-order valence-electron chi connectivity index (χ0n) is 35.2. The Hall–Kier alpha value is -6.33. The summed E-state index contributed by atoms with van der Waals surface area (Å²) in [4.78, 5) is 55.0. The number of amides is 1. The van der Waals surface area contributed by atoms with E-state index < -0.39 is 0 Å². The monoisotopic (exact) mass is 764 g/mol. The zero-order chi connectivity index (χ0) is 42.4. The third kappa shape index (κ3) is 31.0. The number of aliphatic imine (C=N–C) groups is 1. The van der Waals surface area contributed by atoms with Crippen molar-refractivity contribution < 1.29 is 4.79 Å². The number of nitrogens with zero attached hydrogens (tertiary/aromatic N) is 13. The van der Waals surface area contributed by atoms with Crippen LogP contribution in [0.15, 0.2) is 99.0 Å². The maximum Gasteiger partial charge on any atom is 0.273 e. The van der Waals surface area contributed by atoms with Crippen LogP contribution in [0.5, 0.6) is 0 Å². The van der Waals surface area contributed by atoms with Crippen LogP contribution in [0.4, 0.5) is 11.6 Å². The van der Waals surface area contributed by atoms with Crippen molar-refractivity contribution in [1.29, 1.82) is 0 Å². The highest BCUT2D eigenvalue weighted by Crippen LogP contribution is 2.17. The molecule has 0 spiro atoms. The summed E-state index contributed by atoms with van der Waals surface area (Å²) in [5.74, 6) is 1.34. The number of carbonyl (C=O) groups is 1. The number of aryl methyl sites for hydroxylation is 1. The largest absolute Gasteiger partial charge is 0.348 e. The molecule has 0 aliphatic carbocycles. The van der Waals surface area contributed by atoms with Gasteiger partial charge in [-0.05, 0) is 13.0 Å². The second-order valence-electron chi connectivity index (χ2n) is 7.93. The van der Waals surface area contributed by atoms with Crippen molar-refractivity contribution >= 4 is 23.8 Å². The van der Waals surface area contributed by atoms with Crippen LogP contribution in [0, 0.1) is 0 Å². The number of imidazole rings is 2. The Morgan fingerprint density at radius 3 is 1.64 bits per heavy atom. The third-order valence-corrected chi connectivity index (χ3v) is 4.70. The molecule has 8 heterocycles. The first kappa shape index (κ1) is 55.4. The average Bonchev–Trinajstić information content (AvgIpc) is 4.15. The van der Waals surface area contributed by atoms with E-state index in [0.29, 0.717) is 11.5 Å². The molecule has 0 fully saturated rings. The molecule has 4 N–H and O–H groups in total. The summed E-state index contributed by atoms with van der Waals surface area (Å²) in [5.41, 5.74) is 1.63. The predicted octanol–water partition coefficient (Wildman–Crippen LogP) is 7.38. The van der Waals surface area contributed by atoms with E-state index in [-0.39, 0.29) is 12.1 Å². The number of hydrogen-bond acceptors (Lipinski definition) is 14. The van der Waals surface area contributed by atoms with Gasteiger partial charge in [-0.3, -0.25) is 9.89 Å². The number of H-pyrrole nitrogens is 2. The number of rotatable bonds is 0. The minimum absolute atomic E-state index is 0.0432. The Labute approximate surface area is 328 Å². The molecule has 0 bridgehead atoms. The van der Waals surface area contributed by atoms with Gasteiger partial charge in [-0.25, -0.2) is 54.8 Å². The van der Waals surface area contributed by atoms with E-state index in [1.54, 1.807) is 37.2 Å². The SMILES string of the molecule is C1=Nc2ncncc2C1.CC.CC.CC.CC.CC.CC.CC1NC(=O)c2[nH]cnc2N1.Cn1ccnc1.c1cncnc1.c1nc[nH]n1.c1ncncn1. The van der Waals surface area contributed by atoms with Crippen molar-refractivity contribution in [3.8, 4) is 0 Å². The normalized spacial score (nSPS) is 10.7. The molecule has 0 radical (unpaired) electrons. The fraction of sp³-hybridized carbons (Fsp3) is 0.432. The second-order valence-corrected chi connectivity index (χ2v) is 7.93. The molecule has 1 amide bonds. The van der Waals surface area contributed by atoms with Gasteiger partial charge in [0, 0.05) is 56.2 Å². The minimum atomic E-state index is -0.108. The molecular weight excluding hydrogens is 699 g/mol. The topological polar surface area (TPSA) is 232 Å². The Balaban J connectivity index is -0.000000273. The fourth-order valence-corrected chi connectivity index (χ4v) is 2.88. The molecule has 1 atom stereocenters. The van der Waals surface area contributed by atoms with Crippen molar-refractivity contribution in [1.82, 2.24) is 74.9 Å². The summed E-state index contributed by atoms with van der Waals surface area (Å²) in [5, 5.41) is 11.7. The Morgan fingerprint density at radius 1 is 0.655 bits per heavy atom. The van der Waals surface area contributed by atoms with E-state index in [0.717, 1.165) is 17.8 Å². The Morgan fingerprint density at radius 2 is 1.25 bits per heavy atom. The molecule has 6 aromatic heterocycles. The molecule has 0 aromatic carbocycles. The highest BCUT2D eigenvalue weighted by molar-refractivity contribution is 5.98. The van der Waals surface area contributed by atoms with Crippen LogP contribution in [0.2, 0.25) is 0 Å². The van der Waals surface area contributed by atoms with E-state index in [9.17, 15) is 4.79 Å². The number of aromatic amines is 2. The first-order valence-electron chi connectivity index (χ1n) is 18.5. The van der Waals surface area contributed by atoms with Crippen LogP contribution in [0.3, 0.4) is 0 Å². The van der Waals surface area contributed by atoms with Crippen molar-refractivity contribution in [2.75, 3.05) is 5.32 Å². The van der Waals surface area contributed by atoms with Gasteiger partial charge in [0.05, 0.1) is 18.8 Å². The first-order chi connectivity index (χ1) is 27.1. The van der Waals surface area contributed by atoms with Crippen molar-refractivity contribution in [3.63, 3.8) is 0 Å². The Bertz CT molecular complexity index is 1450. The summed E-state index contributed by atoms with van der Waals surface area (Å²) in [6, 6.07) is 1.78. The van der Waals surface area contributed by atoms with Crippen LogP contribution in [-0.4, -0.2) is 87.9 Å². The number of anilines is 1. The number of hydrogen-bond donors (Lipinski definition) is 4. The van der Waals surface area contributed by atoms with Gasteiger partial charge in [-0.15, -0.1) is 0 Å². The number of fused-ring (bicyclic) bond motifs is 2. The summed E-state index contributed by atoms with van der Waals surface area (Å²) in [6.07, 6.45) is 25.0. The quantitative estimate of drug-likeness (QED) is 0.118. The molecule has 18 nitrogen and oxygen atoms in total. The highest BCUT2D eigenvalue weighted by atomic mass is 16.2. The lowest BCUT2D eigenvalue weighted by molar-refractivity contribution is 0.0934. The van der Waals surface area contributed by atoms with E-state index in [4.69, 9.17) is 0 Å². The van der Waals surface area contributed by atoms with Gasteiger partial charge in [0.1, 0.15) is 50.0 Å². The molecule has 6 aromatic rings. The van der Waals surface area contributed by atoms with Gasteiger partial charge in [0.15, 0.2) is 11.6 Å². The van der Waals surface area contributed by atoms with Gasteiger partial charge < -0.3 is 20.2 Å². The molecule has 18 heteroatoms. The molecule has 0 saturated heterocycles. The van der Waals surface area contributed by atoms with Crippen LogP contribution in [-0.2, 0) is 13.5 Å². The third-order valence-electron chi connectivity index (χ3n) is 4.70. The summed E-state index contributed by atoms with van der Waals surface area (Å²) >= 11 is 0. The lowest BCUT2D eigenvalue weighted by atomic mass is 10.3. The maximum absolute atomic E-state index is 11.1. The molecule has 2 aliphatic rings. The average molecular weight is 764 g/mol. The van der Waals surface area contributed by atoms with Crippen molar-refractivity contribution in [2.24, 2.45) is 12.0 Å². The van der Waals surface area contributed by atoms with Crippen molar-refractivity contribution in [3.05, 3.63) is 105 Å². The van der Waals surface area contributed by atoms with Crippen LogP contribution >= 0.6 is 0 Å². The van der Waals surface area contributed by atoms with Gasteiger partial charge in [-0.1, -0.05) is 83.1 Å². The second kappa shape index (κ2) is 45.7. The van der Waals surface area contributed by atoms with Crippen LogP contribution in [0.1, 0.15) is 106 Å². The van der Waals surface area contributed by atoms with Crippen LogP contribution in [0.25, 0.3) is 0 Å². The van der Waals surface area contributed by atoms with E-state index in [1.165, 1.54) is 50.6 Å². The maximum atomic E-state index is 11.1. The van der Waals surface area contributed by atoms with E-state index >= 15 is 0 Å². The van der Waals surface area contributed by atoms with Gasteiger partial charge in [0.2, 0.25) is 0 Å². The van der Waals surface area contributed by atoms with Crippen molar-refractivity contribution in [2.45, 2.75) is 103 Å². The molecule has 0 saturated carbocycles. The standard InChI is InChI=1S/C6H8N4O.C6H5N3.C4H6N2.C4H4N2.C3H3N3.C2H3N3.6C2H6/c1-3-9-5-4(6(11)10-3)7-2-8-5;1-2-8-6-5(1)3-7-4-9-6;1-6-3-2-5-4-6;1-2-5-4-6-3-1;1-4-2-6-3-5-1;1-3-2-5-4-1;6*1-2/h2-3,9H,1H3,(H,7,8)(H,10,11);2-4H,1H2;2-4H,1H3;1-4H;1-3H;1-2H,(H,3,4,5);6*1-2H3. The zero-order valence-corrected chi connectivity index (χ0v) is 35.2. The van der Waals surface area contributed by atoms with Gasteiger partial charge >= 0.3 is 0 Å². The van der Waals surface area contributed by atoms with E-state index in [1.807, 2.05) is 114 Å². The minimum Gasteiger partial charge on any atom is -0.348 e. The summed E-state index contributed by atoms with van der Waals surface area (Å²) < 4.78 is 1.89. The molecule has 2 aliphatic heterocycles. The number of carbonyl (C=O) groups excluding carboxylic acids is 1. The summed E-state index contributed by atoms with van der Waals surface area (Å²) in [6.45, 7) is 25.9. The number of aromatic nitrogens is 14. The Kier molecular flexibility index (Phi) is 46.0. The smallest absolute Gasteiger partial charge is 0.273 e. The lowest BCUT2D eigenvalue weighted by Crippen LogP contribution is -2.42. The fourth-order valence-electron chi connectivity index (χ4n) is 2.88.